The molecule has 8 nitrogen and oxygen atoms in total. The molecule has 2 aromatic rings. The second-order valence-corrected chi connectivity index (χ2v) is 7.87. The molecule has 1 aromatic carbocycles. The number of ether oxygens (including phenoxy) is 3. The van der Waals surface area contributed by atoms with Crippen molar-refractivity contribution in [3.63, 3.8) is 0 Å². The van der Waals surface area contributed by atoms with Gasteiger partial charge in [0.1, 0.15) is 11.4 Å². The van der Waals surface area contributed by atoms with Gasteiger partial charge in [0.15, 0.2) is 12.1 Å². The largest absolute Gasteiger partial charge is 0.497 e. The highest BCUT2D eigenvalue weighted by molar-refractivity contribution is 5.99. The third-order valence-electron chi connectivity index (χ3n) is 5.27. The van der Waals surface area contributed by atoms with E-state index in [9.17, 15) is 9.59 Å². The predicted molar refractivity (Wildman–Crippen MR) is 120 cm³/mol. The SMILES string of the molecule is CNC(=O)c1cc(C(=O)CCCCC2OCC(N)CO2)cc(Cc2cccc(OC)c2)n1. The van der Waals surface area contributed by atoms with Crippen LogP contribution in [0, 0.1) is 0 Å². The average Bonchev–Trinajstić information content (AvgIpc) is 2.82. The van der Waals surface area contributed by atoms with Crippen LogP contribution in [0.25, 0.3) is 0 Å². The summed E-state index contributed by atoms with van der Waals surface area (Å²) in [6.07, 6.45) is 2.84. The molecule has 1 aliphatic heterocycles. The highest BCUT2D eigenvalue weighted by atomic mass is 16.7. The first kappa shape index (κ1) is 23.8. The number of hydrogen-bond donors (Lipinski definition) is 2. The first-order chi connectivity index (χ1) is 15.5. The molecule has 1 aromatic heterocycles. The number of methoxy groups -OCH3 is 1. The minimum absolute atomic E-state index is 0.0167. The molecule has 172 valence electrons. The van der Waals surface area contributed by atoms with E-state index in [1.807, 2.05) is 24.3 Å². The van der Waals surface area contributed by atoms with E-state index in [1.54, 1.807) is 26.3 Å². The number of hydrogen-bond acceptors (Lipinski definition) is 7. The molecule has 2 heterocycles. The van der Waals surface area contributed by atoms with Crippen LogP contribution in [0.1, 0.15) is 57.8 Å². The second-order valence-electron chi connectivity index (χ2n) is 7.87. The van der Waals surface area contributed by atoms with Crippen LogP contribution < -0.4 is 15.8 Å². The summed E-state index contributed by atoms with van der Waals surface area (Å²) in [5, 5.41) is 2.58. The molecule has 1 aliphatic rings. The number of nitrogens with one attached hydrogen (secondary N) is 1. The van der Waals surface area contributed by atoms with Crippen LogP contribution in [0.4, 0.5) is 0 Å². The zero-order valence-electron chi connectivity index (χ0n) is 18.6. The van der Waals surface area contributed by atoms with Crippen molar-refractivity contribution in [2.75, 3.05) is 27.4 Å². The number of nitrogens with two attached hydrogens (primary N) is 1. The van der Waals surface area contributed by atoms with E-state index in [-0.39, 0.29) is 29.7 Å². The van der Waals surface area contributed by atoms with Gasteiger partial charge in [0.05, 0.1) is 26.4 Å². The van der Waals surface area contributed by atoms with E-state index < -0.39 is 0 Å². The number of Topliss-reactive ketones (excluding diaryl/α,β-unsaturated/α-hetero) is 1. The minimum atomic E-state index is -0.323. The molecule has 0 spiro atoms. The molecule has 3 N–H and O–H groups in total. The Labute approximate surface area is 188 Å². The molecule has 32 heavy (non-hydrogen) atoms. The van der Waals surface area contributed by atoms with Crippen molar-refractivity contribution in [2.45, 2.75) is 44.4 Å². The van der Waals surface area contributed by atoms with Gasteiger partial charge in [0.25, 0.3) is 5.91 Å². The van der Waals surface area contributed by atoms with Gasteiger partial charge in [-0.15, -0.1) is 0 Å². The third-order valence-corrected chi connectivity index (χ3v) is 5.27. The number of carbonyl (C=O) groups excluding carboxylic acids is 2. The lowest BCUT2D eigenvalue weighted by molar-refractivity contribution is -0.188. The van der Waals surface area contributed by atoms with E-state index in [0.29, 0.717) is 43.7 Å². The van der Waals surface area contributed by atoms with Crippen molar-refractivity contribution >= 4 is 11.7 Å². The van der Waals surface area contributed by atoms with Gasteiger partial charge in [-0.2, -0.15) is 0 Å². The molecule has 0 aliphatic carbocycles. The fourth-order valence-electron chi connectivity index (χ4n) is 3.54. The molecule has 1 amide bonds. The van der Waals surface area contributed by atoms with Crippen LogP contribution in [0.15, 0.2) is 36.4 Å². The first-order valence-corrected chi connectivity index (χ1v) is 10.9. The number of ketones is 1. The predicted octanol–water partition coefficient (Wildman–Crippen LogP) is 2.48. The minimum Gasteiger partial charge on any atom is -0.497 e. The van der Waals surface area contributed by atoms with Crippen LogP contribution in [0.5, 0.6) is 5.75 Å². The molecule has 0 saturated carbocycles. The molecule has 3 rings (SSSR count). The first-order valence-electron chi connectivity index (χ1n) is 10.9. The number of nitrogens with zero attached hydrogens (tertiary/aromatic N) is 1. The highest BCUT2D eigenvalue weighted by Crippen LogP contribution is 2.19. The summed E-state index contributed by atoms with van der Waals surface area (Å²) in [4.78, 5) is 29.5. The Morgan fingerprint density at radius 2 is 1.97 bits per heavy atom. The molecule has 1 fully saturated rings. The van der Waals surface area contributed by atoms with Gasteiger partial charge in [-0.25, -0.2) is 4.98 Å². The van der Waals surface area contributed by atoms with Crippen molar-refractivity contribution in [2.24, 2.45) is 5.73 Å². The van der Waals surface area contributed by atoms with E-state index >= 15 is 0 Å². The van der Waals surface area contributed by atoms with Gasteiger partial charge < -0.3 is 25.3 Å². The number of unbranched alkanes of at least 4 members (excludes halogenated alkanes) is 1. The summed E-state index contributed by atoms with van der Waals surface area (Å²) in [6, 6.07) is 10.9. The molecule has 0 unspecified atom stereocenters. The lowest BCUT2D eigenvalue weighted by atomic mass is 10.0. The number of rotatable bonds is 10. The molecule has 0 atom stereocenters. The van der Waals surface area contributed by atoms with Crippen molar-refractivity contribution < 1.29 is 23.8 Å². The lowest BCUT2D eigenvalue weighted by Gasteiger charge is -2.27. The lowest BCUT2D eigenvalue weighted by Crippen LogP contribution is -2.41. The van der Waals surface area contributed by atoms with Crippen molar-refractivity contribution in [3.05, 3.63) is 58.9 Å². The maximum absolute atomic E-state index is 12.8. The maximum Gasteiger partial charge on any atom is 0.269 e. The molecule has 0 bridgehead atoms. The zero-order valence-corrected chi connectivity index (χ0v) is 18.6. The van der Waals surface area contributed by atoms with Gasteiger partial charge in [0.2, 0.25) is 0 Å². The number of pyridine rings is 1. The molecule has 1 saturated heterocycles. The Morgan fingerprint density at radius 1 is 1.19 bits per heavy atom. The number of benzene rings is 1. The summed E-state index contributed by atoms with van der Waals surface area (Å²) in [7, 11) is 3.16. The summed E-state index contributed by atoms with van der Waals surface area (Å²) < 4.78 is 16.3. The normalized spacial score (nSPS) is 18.2. The van der Waals surface area contributed by atoms with Crippen LogP contribution >= 0.6 is 0 Å². The van der Waals surface area contributed by atoms with Gasteiger partial charge in [-0.05, 0) is 49.1 Å². The van der Waals surface area contributed by atoms with Crippen LogP contribution in [0.2, 0.25) is 0 Å². The summed E-state index contributed by atoms with van der Waals surface area (Å²) in [5.41, 5.74) is 8.10. The third kappa shape index (κ3) is 6.85. The standard InChI is InChI=1S/C24H31N3O5/c1-26-24(29)21-13-17(12-19(27-21)10-16-6-5-7-20(11-16)30-2)22(28)8-3-4-9-23-31-14-18(25)15-32-23/h5-7,11-13,18,23H,3-4,8-10,14-15,25H2,1-2H3,(H,26,29). The van der Waals surface area contributed by atoms with Gasteiger partial charge in [0, 0.05) is 31.1 Å². The fraction of sp³-hybridized carbons (Fsp3) is 0.458. The average molecular weight is 442 g/mol. The van der Waals surface area contributed by atoms with E-state index in [2.05, 4.69) is 10.3 Å². The summed E-state index contributed by atoms with van der Waals surface area (Å²) in [5.74, 6) is 0.405. The van der Waals surface area contributed by atoms with Crippen molar-refractivity contribution in [3.8, 4) is 5.75 Å². The molecule has 0 radical (unpaired) electrons. The fourth-order valence-corrected chi connectivity index (χ4v) is 3.54. The van der Waals surface area contributed by atoms with E-state index in [4.69, 9.17) is 19.9 Å². The van der Waals surface area contributed by atoms with Gasteiger partial charge >= 0.3 is 0 Å². The van der Waals surface area contributed by atoms with E-state index in [1.165, 1.54) is 0 Å². The number of amides is 1. The molecular formula is C24H31N3O5. The molecule has 8 heteroatoms. The number of carbonyl (C=O) groups is 2. The van der Waals surface area contributed by atoms with Crippen LogP contribution in [-0.2, 0) is 15.9 Å². The zero-order chi connectivity index (χ0) is 22.9. The Morgan fingerprint density at radius 3 is 2.69 bits per heavy atom. The smallest absolute Gasteiger partial charge is 0.269 e. The van der Waals surface area contributed by atoms with Crippen LogP contribution in [-0.4, -0.2) is 56.4 Å². The molecular weight excluding hydrogens is 410 g/mol. The van der Waals surface area contributed by atoms with Crippen molar-refractivity contribution in [1.29, 1.82) is 0 Å². The Hall–Kier alpha value is -2.81. The monoisotopic (exact) mass is 441 g/mol. The Balaban J connectivity index is 1.64. The number of aromatic nitrogens is 1. The van der Waals surface area contributed by atoms with Crippen molar-refractivity contribution in [1.82, 2.24) is 10.3 Å². The van der Waals surface area contributed by atoms with Gasteiger partial charge in [-0.3, -0.25) is 9.59 Å². The topological polar surface area (TPSA) is 113 Å². The Bertz CT molecular complexity index is 926. The van der Waals surface area contributed by atoms with Gasteiger partial charge in [-0.1, -0.05) is 12.1 Å². The van der Waals surface area contributed by atoms with Crippen LogP contribution in [0.3, 0.4) is 0 Å². The Kier molecular flexibility index (Phi) is 8.72. The quantitative estimate of drug-likeness (QED) is 0.430. The summed E-state index contributed by atoms with van der Waals surface area (Å²) >= 11 is 0. The van der Waals surface area contributed by atoms with E-state index in [0.717, 1.165) is 24.2 Å². The maximum atomic E-state index is 12.8. The highest BCUT2D eigenvalue weighted by Gasteiger charge is 2.19. The second kappa shape index (κ2) is 11.7. The summed E-state index contributed by atoms with van der Waals surface area (Å²) in [6.45, 7) is 0.998.